The van der Waals surface area contributed by atoms with Gasteiger partial charge < -0.3 is 24.8 Å². The molecule has 8 nitrogen and oxygen atoms in total. The van der Waals surface area contributed by atoms with Gasteiger partial charge in [0.1, 0.15) is 0 Å². The monoisotopic (exact) mass is 574 g/mol. The van der Waals surface area contributed by atoms with Crippen LogP contribution in [0, 0.1) is 13.8 Å². The molecule has 41 heavy (non-hydrogen) atoms. The lowest BCUT2D eigenvalue weighted by atomic mass is 9.96. The Morgan fingerprint density at radius 2 is 1.88 bits per heavy atom. The van der Waals surface area contributed by atoms with Gasteiger partial charge in [0.15, 0.2) is 5.11 Å². The predicted octanol–water partition coefficient (Wildman–Crippen LogP) is 4.79. The second-order valence-corrected chi connectivity index (χ2v) is 11.3. The molecule has 0 saturated carbocycles. The minimum absolute atomic E-state index is 0.0117. The topological polar surface area (TPSA) is 74.7 Å². The van der Waals surface area contributed by atoms with Crippen LogP contribution >= 0.6 is 12.2 Å². The fourth-order valence-electron chi connectivity index (χ4n) is 6.12. The Morgan fingerprint density at radius 3 is 2.63 bits per heavy atom. The number of para-hydroxylation sites is 1. The van der Waals surface area contributed by atoms with Crippen molar-refractivity contribution < 1.29 is 9.53 Å². The molecule has 0 unspecified atom stereocenters. The molecule has 2 N–H and O–H groups in total. The van der Waals surface area contributed by atoms with Crippen molar-refractivity contribution in [3.05, 3.63) is 82.9 Å². The summed E-state index contributed by atoms with van der Waals surface area (Å²) in [5, 5.41) is 7.31. The maximum atomic E-state index is 13.1. The van der Waals surface area contributed by atoms with E-state index < -0.39 is 0 Å². The number of hydrogen-bond acceptors (Lipinski definition) is 5. The molecular formula is C32H42N6O2S. The van der Waals surface area contributed by atoms with Crippen molar-refractivity contribution in [2.24, 2.45) is 0 Å². The van der Waals surface area contributed by atoms with E-state index >= 15 is 0 Å². The quantitative estimate of drug-likeness (QED) is 0.319. The van der Waals surface area contributed by atoms with Gasteiger partial charge in [-0.25, -0.2) is 0 Å². The number of benzene rings is 1. The van der Waals surface area contributed by atoms with E-state index in [4.69, 9.17) is 17.0 Å². The molecule has 3 aromatic rings. The molecule has 2 aromatic heterocycles. The zero-order valence-corrected chi connectivity index (χ0v) is 25.3. The number of aromatic nitrogens is 2. The number of carbonyl (C=O) groups is 1. The summed E-state index contributed by atoms with van der Waals surface area (Å²) < 4.78 is 7.93. The van der Waals surface area contributed by atoms with Gasteiger partial charge in [0.05, 0.1) is 31.0 Å². The van der Waals surface area contributed by atoms with E-state index in [0.29, 0.717) is 18.1 Å². The fourth-order valence-corrected chi connectivity index (χ4v) is 6.45. The first kappa shape index (κ1) is 29.2. The minimum atomic E-state index is -0.102. The molecule has 4 heterocycles. The Morgan fingerprint density at radius 1 is 1.10 bits per heavy atom. The van der Waals surface area contributed by atoms with E-state index in [0.717, 1.165) is 69.2 Å². The van der Waals surface area contributed by atoms with Crippen LogP contribution in [0.25, 0.3) is 0 Å². The SMILES string of the molecule is CCc1ccccc1NC(=O)CCN1C(=S)N[C@@H](c2ccccn2)[C@H]1c1cc(C)n(CCCN2CCOCC2)c1C. The molecule has 1 aromatic carbocycles. The van der Waals surface area contributed by atoms with E-state index in [2.05, 4.69) is 62.9 Å². The Hall–Kier alpha value is -3.27. The fraction of sp³-hybridized carbons (Fsp3) is 0.469. The van der Waals surface area contributed by atoms with Crippen LogP contribution in [0.15, 0.2) is 54.7 Å². The van der Waals surface area contributed by atoms with Gasteiger partial charge in [-0.1, -0.05) is 31.2 Å². The van der Waals surface area contributed by atoms with Crippen LogP contribution in [-0.2, 0) is 22.5 Å². The number of nitrogens with zero attached hydrogens (tertiary/aromatic N) is 4. The molecule has 2 aliphatic rings. The van der Waals surface area contributed by atoms with Crippen molar-refractivity contribution in [3.63, 3.8) is 0 Å². The van der Waals surface area contributed by atoms with E-state index in [1.165, 1.54) is 17.0 Å². The zero-order valence-electron chi connectivity index (χ0n) is 24.4. The number of amides is 1. The summed E-state index contributed by atoms with van der Waals surface area (Å²) in [6, 6.07) is 16.1. The maximum Gasteiger partial charge on any atom is 0.226 e. The third kappa shape index (κ3) is 6.80. The molecule has 0 radical (unpaired) electrons. The molecule has 2 saturated heterocycles. The number of carbonyl (C=O) groups excluding carboxylic acids is 1. The van der Waals surface area contributed by atoms with Gasteiger partial charge in [-0.3, -0.25) is 14.7 Å². The Balaban J connectivity index is 1.34. The highest BCUT2D eigenvalue weighted by atomic mass is 32.1. The Labute approximate surface area is 249 Å². The van der Waals surface area contributed by atoms with Gasteiger partial charge in [0, 0.05) is 62.4 Å². The average Bonchev–Trinajstić information content (AvgIpc) is 3.47. The van der Waals surface area contributed by atoms with Crippen molar-refractivity contribution in [1.82, 2.24) is 24.7 Å². The van der Waals surface area contributed by atoms with E-state index in [1.807, 2.05) is 42.6 Å². The summed E-state index contributed by atoms with van der Waals surface area (Å²) >= 11 is 5.87. The van der Waals surface area contributed by atoms with Gasteiger partial charge in [-0.2, -0.15) is 0 Å². The molecule has 2 aliphatic heterocycles. The normalized spacial score (nSPS) is 19.4. The van der Waals surface area contributed by atoms with Crippen LogP contribution in [0.2, 0.25) is 0 Å². The number of anilines is 1. The molecular weight excluding hydrogens is 532 g/mol. The van der Waals surface area contributed by atoms with Crippen LogP contribution in [-0.4, -0.2) is 69.8 Å². The molecule has 0 spiro atoms. The van der Waals surface area contributed by atoms with E-state index in [-0.39, 0.29) is 18.0 Å². The lowest BCUT2D eigenvalue weighted by Gasteiger charge is -2.28. The molecule has 218 valence electrons. The van der Waals surface area contributed by atoms with Gasteiger partial charge in [-0.05, 0) is 74.3 Å². The highest BCUT2D eigenvalue weighted by Crippen LogP contribution is 2.41. The number of morpholine rings is 1. The van der Waals surface area contributed by atoms with E-state index in [1.54, 1.807) is 0 Å². The number of rotatable bonds is 11. The van der Waals surface area contributed by atoms with Crippen molar-refractivity contribution >= 4 is 28.9 Å². The maximum absolute atomic E-state index is 13.1. The summed E-state index contributed by atoms with van der Waals surface area (Å²) in [5.41, 5.74) is 6.67. The lowest BCUT2D eigenvalue weighted by molar-refractivity contribution is -0.116. The third-order valence-electron chi connectivity index (χ3n) is 8.34. The zero-order chi connectivity index (χ0) is 28.8. The van der Waals surface area contributed by atoms with Crippen LogP contribution < -0.4 is 10.6 Å². The average molecular weight is 575 g/mol. The van der Waals surface area contributed by atoms with Gasteiger partial charge in [0.25, 0.3) is 0 Å². The largest absolute Gasteiger partial charge is 0.379 e. The molecule has 5 rings (SSSR count). The number of thiocarbonyl (C=S) groups is 1. The smallest absolute Gasteiger partial charge is 0.226 e. The second kappa shape index (κ2) is 13.6. The lowest BCUT2D eigenvalue weighted by Crippen LogP contribution is -2.37. The Kier molecular flexibility index (Phi) is 9.69. The molecule has 1 amide bonds. The highest BCUT2D eigenvalue weighted by molar-refractivity contribution is 7.80. The summed E-state index contributed by atoms with van der Waals surface area (Å²) in [5.74, 6) is -0.0117. The van der Waals surface area contributed by atoms with Crippen molar-refractivity contribution in [1.29, 1.82) is 0 Å². The second-order valence-electron chi connectivity index (χ2n) is 10.9. The van der Waals surface area contributed by atoms with E-state index in [9.17, 15) is 4.79 Å². The highest BCUT2D eigenvalue weighted by Gasteiger charge is 2.41. The standard InChI is InChI=1S/C32H42N6O2S/c1-4-25-10-5-6-11-27(25)34-29(39)13-17-38-31(30(35-32(38)41)28-12-7-8-14-33-28)26-22-23(2)37(24(26)3)16-9-15-36-18-20-40-21-19-36/h5-8,10-12,14,22,30-31H,4,9,13,15-21H2,1-3H3,(H,34,39)(H,35,41)/t30-,31+/m0/s1. The number of ether oxygens (including phenoxy) is 1. The molecule has 2 atom stereocenters. The molecule has 9 heteroatoms. The minimum Gasteiger partial charge on any atom is -0.379 e. The van der Waals surface area contributed by atoms with Crippen LogP contribution in [0.3, 0.4) is 0 Å². The summed E-state index contributed by atoms with van der Waals surface area (Å²) in [6.07, 6.45) is 4.12. The van der Waals surface area contributed by atoms with Crippen LogP contribution in [0.5, 0.6) is 0 Å². The van der Waals surface area contributed by atoms with Crippen molar-refractivity contribution in [3.8, 4) is 0 Å². The first-order valence-corrected chi connectivity index (χ1v) is 15.2. The van der Waals surface area contributed by atoms with Gasteiger partial charge in [-0.15, -0.1) is 0 Å². The number of nitrogens with one attached hydrogen (secondary N) is 2. The molecule has 2 fully saturated rings. The summed E-state index contributed by atoms with van der Waals surface area (Å²) in [6.45, 7) is 12.7. The predicted molar refractivity (Wildman–Crippen MR) is 167 cm³/mol. The summed E-state index contributed by atoms with van der Waals surface area (Å²) in [7, 11) is 0. The summed E-state index contributed by atoms with van der Waals surface area (Å²) in [4.78, 5) is 22.4. The first-order valence-electron chi connectivity index (χ1n) is 14.8. The van der Waals surface area contributed by atoms with Crippen LogP contribution in [0.1, 0.15) is 60.1 Å². The van der Waals surface area contributed by atoms with Gasteiger partial charge in [0.2, 0.25) is 5.91 Å². The third-order valence-corrected chi connectivity index (χ3v) is 8.69. The number of aryl methyl sites for hydroxylation is 2. The molecule has 0 bridgehead atoms. The number of hydrogen-bond donors (Lipinski definition) is 2. The number of pyridine rings is 1. The van der Waals surface area contributed by atoms with Gasteiger partial charge >= 0.3 is 0 Å². The first-order chi connectivity index (χ1) is 20.0. The van der Waals surface area contributed by atoms with Crippen LogP contribution in [0.4, 0.5) is 5.69 Å². The Bertz CT molecular complexity index is 1340. The van der Waals surface area contributed by atoms with Crippen molar-refractivity contribution in [2.75, 3.05) is 44.7 Å². The molecule has 0 aliphatic carbocycles. The van der Waals surface area contributed by atoms with Crippen molar-refractivity contribution in [2.45, 2.75) is 58.7 Å².